The highest BCUT2D eigenvalue weighted by Gasteiger charge is 2.37. The summed E-state index contributed by atoms with van der Waals surface area (Å²) in [5.74, 6) is -0.295. The Morgan fingerprint density at radius 3 is 2.32 bits per heavy atom. The van der Waals surface area contributed by atoms with Crippen molar-refractivity contribution in [3.05, 3.63) is 71.5 Å². The number of hydrogen-bond acceptors (Lipinski definition) is 5. The predicted molar refractivity (Wildman–Crippen MR) is 140 cm³/mol. The predicted octanol–water partition coefficient (Wildman–Crippen LogP) is 2.34. The van der Waals surface area contributed by atoms with E-state index in [1.54, 1.807) is 29.2 Å². The van der Waals surface area contributed by atoms with E-state index in [4.69, 9.17) is 0 Å². The van der Waals surface area contributed by atoms with Crippen LogP contribution in [0, 0.1) is 5.82 Å². The molecule has 2 fully saturated rings. The second-order valence-corrected chi connectivity index (χ2v) is 11.8. The Hall–Kier alpha value is -2.82. The van der Waals surface area contributed by atoms with Gasteiger partial charge in [0, 0.05) is 43.7 Å². The molecule has 2 N–H and O–H groups in total. The summed E-state index contributed by atoms with van der Waals surface area (Å²) >= 11 is 0. The molecule has 2 aliphatic rings. The van der Waals surface area contributed by atoms with Gasteiger partial charge >= 0.3 is 0 Å². The second-order valence-electron chi connectivity index (χ2n) is 9.83. The number of hydrogen-bond donors (Lipinski definition) is 2. The fourth-order valence-corrected chi connectivity index (χ4v) is 5.64. The maximum Gasteiger partial charge on any atom is 0.251 e. The van der Waals surface area contributed by atoms with E-state index in [0.29, 0.717) is 37.0 Å². The van der Waals surface area contributed by atoms with Gasteiger partial charge in [0.05, 0.1) is 6.26 Å². The summed E-state index contributed by atoms with van der Waals surface area (Å²) < 4.78 is 38.1. The zero-order chi connectivity index (χ0) is 26.4. The first kappa shape index (κ1) is 27.2. The summed E-state index contributed by atoms with van der Waals surface area (Å²) in [6, 6.07) is 15.2. The number of carbonyl (C=O) groups excluding carboxylic acids is 2. The van der Waals surface area contributed by atoms with E-state index in [0.717, 1.165) is 31.4 Å². The molecule has 8 nitrogen and oxygen atoms in total. The third-order valence-corrected chi connectivity index (χ3v) is 8.38. The average Bonchev–Trinajstić information content (AvgIpc) is 3.67. The van der Waals surface area contributed by atoms with Gasteiger partial charge in [-0.05, 0) is 62.1 Å². The van der Waals surface area contributed by atoms with Crippen molar-refractivity contribution in [3.63, 3.8) is 0 Å². The summed E-state index contributed by atoms with van der Waals surface area (Å²) in [7, 11) is -3.29. The van der Waals surface area contributed by atoms with Crippen LogP contribution < -0.4 is 10.6 Å². The summed E-state index contributed by atoms with van der Waals surface area (Å²) in [5, 5.41) is 6.44. The van der Waals surface area contributed by atoms with E-state index in [2.05, 4.69) is 10.6 Å². The zero-order valence-electron chi connectivity index (χ0n) is 21.1. The van der Waals surface area contributed by atoms with E-state index in [9.17, 15) is 22.4 Å². The van der Waals surface area contributed by atoms with Crippen LogP contribution in [0.15, 0.2) is 54.6 Å². The molecule has 2 aromatic rings. The standard InChI is InChI=1S/C27H35FN4O4S/c1-37(35,36)32-17-15-31(16-18-32)27(34)24(30-26(33)21-7-3-2-4-8-21)9-5-6-14-29-25-19-23(25)20-10-12-22(28)13-11-20/h2-4,7-8,10-13,23-25,29H,5-6,9,14-19H2,1H3,(H,30,33)/t23-,24-,25+/m0/s1. The lowest BCUT2D eigenvalue weighted by molar-refractivity contribution is -0.134. The molecule has 3 atom stereocenters. The van der Waals surface area contributed by atoms with Crippen molar-refractivity contribution in [3.8, 4) is 0 Å². The van der Waals surface area contributed by atoms with Crippen molar-refractivity contribution < 1.29 is 22.4 Å². The SMILES string of the molecule is CS(=O)(=O)N1CCN(C(=O)[C@H](CCCCN[C@@H]2C[C@H]2c2ccc(F)cc2)NC(=O)c2ccccc2)CC1. The number of benzene rings is 2. The lowest BCUT2D eigenvalue weighted by Gasteiger charge is -2.35. The number of piperazine rings is 1. The molecule has 200 valence electrons. The number of carbonyl (C=O) groups is 2. The minimum absolute atomic E-state index is 0.177. The number of nitrogens with one attached hydrogen (secondary N) is 2. The van der Waals surface area contributed by atoms with E-state index < -0.39 is 16.1 Å². The maximum absolute atomic E-state index is 13.3. The molecule has 0 unspecified atom stereocenters. The molecule has 37 heavy (non-hydrogen) atoms. The monoisotopic (exact) mass is 530 g/mol. The van der Waals surface area contributed by atoms with Crippen LogP contribution >= 0.6 is 0 Å². The minimum atomic E-state index is -3.29. The summed E-state index contributed by atoms with van der Waals surface area (Å²) in [6.07, 6.45) is 4.29. The van der Waals surface area contributed by atoms with Crippen LogP contribution in [-0.2, 0) is 14.8 Å². The van der Waals surface area contributed by atoms with Crippen molar-refractivity contribution in [2.24, 2.45) is 0 Å². The molecule has 1 heterocycles. The molecule has 2 amide bonds. The molecule has 0 bridgehead atoms. The topological polar surface area (TPSA) is 98.8 Å². The third kappa shape index (κ3) is 7.59. The van der Waals surface area contributed by atoms with Crippen LogP contribution in [0.5, 0.6) is 0 Å². The zero-order valence-corrected chi connectivity index (χ0v) is 21.9. The van der Waals surface area contributed by atoms with Gasteiger partial charge in [0.1, 0.15) is 11.9 Å². The van der Waals surface area contributed by atoms with Gasteiger partial charge in [-0.3, -0.25) is 9.59 Å². The first-order valence-corrected chi connectivity index (χ1v) is 14.7. The number of nitrogens with zero attached hydrogens (tertiary/aromatic N) is 2. The van der Waals surface area contributed by atoms with E-state index >= 15 is 0 Å². The van der Waals surface area contributed by atoms with Gasteiger partial charge in [0.2, 0.25) is 15.9 Å². The Morgan fingerprint density at radius 1 is 1.00 bits per heavy atom. The van der Waals surface area contributed by atoms with Crippen molar-refractivity contribution in [2.75, 3.05) is 39.0 Å². The molecule has 2 aromatic carbocycles. The smallest absolute Gasteiger partial charge is 0.251 e. The van der Waals surface area contributed by atoms with Crippen LogP contribution in [0.3, 0.4) is 0 Å². The van der Waals surface area contributed by atoms with Crippen molar-refractivity contribution >= 4 is 21.8 Å². The highest BCUT2D eigenvalue weighted by Crippen LogP contribution is 2.40. The molecule has 10 heteroatoms. The first-order chi connectivity index (χ1) is 17.7. The van der Waals surface area contributed by atoms with Gasteiger partial charge in [-0.1, -0.05) is 30.3 Å². The molecule has 1 aliphatic heterocycles. The normalized spacial score (nSPS) is 20.9. The average molecular weight is 531 g/mol. The fraction of sp³-hybridized carbons (Fsp3) is 0.481. The van der Waals surface area contributed by atoms with Crippen molar-refractivity contribution in [1.82, 2.24) is 19.8 Å². The van der Waals surface area contributed by atoms with Gasteiger partial charge in [-0.25, -0.2) is 12.8 Å². The first-order valence-electron chi connectivity index (χ1n) is 12.8. The molecule has 1 saturated heterocycles. The lowest BCUT2D eigenvalue weighted by Crippen LogP contribution is -2.55. The summed E-state index contributed by atoms with van der Waals surface area (Å²) in [4.78, 5) is 27.8. The Kier molecular flexibility index (Phi) is 8.94. The second kappa shape index (κ2) is 12.1. The Balaban J connectivity index is 1.27. The largest absolute Gasteiger partial charge is 0.340 e. The van der Waals surface area contributed by atoms with Gasteiger partial charge < -0.3 is 15.5 Å². The quantitative estimate of drug-likeness (QED) is 0.435. The minimum Gasteiger partial charge on any atom is -0.340 e. The molecule has 1 aliphatic carbocycles. The van der Waals surface area contributed by atoms with Crippen molar-refractivity contribution in [1.29, 1.82) is 0 Å². The van der Waals surface area contributed by atoms with Crippen molar-refractivity contribution in [2.45, 2.75) is 43.7 Å². The van der Waals surface area contributed by atoms with Crippen LogP contribution in [-0.4, -0.2) is 80.5 Å². The van der Waals surface area contributed by atoms with Gasteiger partial charge in [-0.15, -0.1) is 0 Å². The van der Waals surface area contributed by atoms with Gasteiger partial charge in [0.15, 0.2) is 0 Å². The number of halogens is 1. The molecule has 0 spiro atoms. The number of amides is 2. The summed E-state index contributed by atoms with van der Waals surface area (Å²) in [5.41, 5.74) is 1.63. The Bertz CT molecular complexity index is 1170. The Morgan fingerprint density at radius 2 is 1.68 bits per heavy atom. The van der Waals surface area contributed by atoms with Gasteiger partial charge in [-0.2, -0.15) is 4.31 Å². The molecular weight excluding hydrogens is 495 g/mol. The fourth-order valence-electron chi connectivity index (χ4n) is 4.81. The molecule has 0 radical (unpaired) electrons. The van der Waals surface area contributed by atoms with Crippen LogP contribution in [0.4, 0.5) is 4.39 Å². The van der Waals surface area contributed by atoms with E-state index in [1.165, 1.54) is 22.7 Å². The van der Waals surface area contributed by atoms with Crippen LogP contribution in [0.2, 0.25) is 0 Å². The number of rotatable bonds is 11. The number of sulfonamides is 1. The number of unbranched alkanes of at least 4 members (excludes halogenated alkanes) is 1. The molecule has 1 saturated carbocycles. The van der Waals surface area contributed by atoms with E-state index in [-0.39, 0.29) is 30.7 Å². The lowest BCUT2D eigenvalue weighted by atomic mass is 10.1. The Labute approximate surface area is 218 Å². The van der Waals surface area contributed by atoms with Crippen LogP contribution in [0.25, 0.3) is 0 Å². The third-order valence-electron chi connectivity index (χ3n) is 7.07. The van der Waals surface area contributed by atoms with Gasteiger partial charge in [0.25, 0.3) is 5.91 Å². The molecular formula is C27H35FN4O4S. The summed E-state index contributed by atoms with van der Waals surface area (Å²) in [6.45, 7) is 1.91. The maximum atomic E-state index is 13.3. The molecule has 4 rings (SSSR count). The highest BCUT2D eigenvalue weighted by atomic mass is 32.2. The van der Waals surface area contributed by atoms with Crippen LogP contribution in [0.1, 0.15) is 47.5 Å². The van der Waals surface area contributed by atoms with E-state index in [1.807, 2.05) is 18.2 Å². The highest BCUT2D eigenvalue weighted by molar-refractivity contribution is 7.88. The molecule has 0 aromatic heterocycles.